The summed E-state index contributed by atoms with van der Waals surface area (Å²) in [7, 11) is 0. The normalized spacial score (nSPS) is 22.4. The molecule has 3 amide bonds. The molecule has 2 unspecified atom stereocenters. The molecular weight excluding hydrogens is 476 g/mol. The van der Waals surface area contributed by atoms with Crippen molar-refractivity contribution in [2.45, 2.75) is 50.4 Å². The molecule has 1 aromatic carbocycles. The first-order valence-corrected chi connectivity index (χ1v) is 11.8. The molecule has 2 aliphatic rings. The minimum atomic E-state index is -1.49. The number of nitrogens with one attached hydrogen (secondary N) is 2. The van der Waals surface area contributed by atoms with E-state index in [-0.39, 0.29) is 18.1 Å². The number of β-lactam (4-membered cyclic amide) rings is 1. The molecule has 0 spiro atoms. The van der Waals surface area contributed by atoms with Crippen LogP contribution in [0.5, 0.6) is 0 Å². The zero-order valence-corrected chi connectivity index (χ0v) is 20.6. The molecule has 0 aromatic heterocycles. The third-order valence-corrected chi connectivity index (χ3v) is 6.72. The maximum Gasteiger partial charge on any atom is 0.355 e. The summed E-state index contributed by atoms with van der Waals surface area (Å²) in [4.78, 5) is 61.8. The average molecular weight is 505 g/mol. The van der Waals surface area contributed by atoms with Crippen molar-refractivity contribution in [3.63, 3.8) is 0 Å². The lowest BCUT2D eigenvalue weighted by Crippen LogP contribution is -2.83. The first-order valence-electron chi connectivity index (χ1n) is 10.8. The predicted molar refractivity (Wildman–Crippen MR) is 126 cm³/mol. The van der Waals surface area contributed by atoms with Crippen molar-refractivity contribution in [2.24, 2.45) is 5.73 Å². The second-order valence-corrected chi connectivity index (χ2v) is 10.2. The van der Waals surface area contributed by atoms with Crippen LogP contribution in [0.15, 0.2) is 41.6 Å². The van der Waals surface area contributed by atoms with E-state index < -0.39 is 46.4 Å². The average Bonchev–Trinajstić information content (AvgIpc) is 2.79. The van der Waals surface area contributed by atoms with Crippen LogP contribution < -0.4 is 16.4 Å². The number of hydrogen-bond acceptors (Lipinski definition) is 9. The lowest BCUT2D eigenvalue weighted by atomic mass is 9.96. The Labute approximate surface area is 206 Å². The fourth-order valence-corrected chi connectivity index (χ4v) is 5.09. The lowest BCUT2D eigenvalue weighted by Gasteiger charge is -2.58. The molecule has 1 saturated heterocycles. The number of carbonyl (C=O) groups is 5. The number of amides is 3. The van der Waals surface area contributed by atoms with Gasteiger partial charge in [-0.25, -0.2) is 4.79 Å². The maximum atomic E-state index is 13.3. The van der Waals surface area contributed by atoms with E-state index in [1.54, 1.807) is 51.1 Å². The van der Waals surface area contributed by atoms with Crippen molar-refractivity contribution in [2.75, 3.05) is 12.4 Å². The molecule has 3 atom stereocenters. The molecule has 0 bridgehead atoms. The van der Waals surface area contributed by atoms with Gasteiger partial charge in [0.25, 0.3) is 5.91 Å². The Hall–Kier alpha value is -3.38. The Bertz CT molecular complexity index is 1070. The van der Waals surface area contributed by atoms with Gasteiger partial charge in [-0.05, 0) is 26.3 Å². The van der Waals surface area contributed by atoms with Gasteiger partial charge in [0.2, 0.25) is 12.3 Å². The van der Waals surface area contributed by atoms with Gasteiger partial charge in [0.15, 0.2) is 11.0 Å². The highest BCUT2D eigenvalue weighted by Crippen LogP contribution is 2.48. The van der Waals surface area contributed by atoms with Gasteiger partial charge >= 0.3 is 11.9 Å². The quantitative estimate of drug-likeness (QED) is 0.258. The summed E-state index contributed by atoms with van der Waals surface area (Å²) >= 11 is 1.10. The van der Waals surface area contributed by atoms with Crippen molar-refractivity contribution in [1.82, 2.24) is 15.5 Å². The third kappa shape index (κ3) is 5.33. The molecule has 35 heavy (non-hydrogen) atoms. The van der Waals surface area contributed by atoms with Crippen LogP contribution in [0.25, 0.3) is 0 Å². The first kappa shape index (κ1) is 26.2. The summed E-state index contributed by atoms with van der Waals surface area (Å²) in [6, 6.07) is 6.34. The molecule has 0 radical (unpaired) electrons. The fourth-order valence-electron chi connectivity index (χ4n) is 3.71. The standard InChI is InChI=1S/C23H28N4O7S/c1-13(29)33-10-15-11-35-23(25-12-28)18(26-19(30)16(24)14-8-6-5-7-9-14)20(31)27(23)17(15)21(32)34-22(2,3)4/h5-9,12,16,18H,10-11,24H2,1-4H3,(H,25,28)(H,26,30)/t16?,18-,23?/m1/s1. The Balaban J connectivity index is 1.94. The monoisotopic (exact) mass is 504 g/mol. The van der Waals surface area contributed by atoms with Crippen molar-refractivity contribution >= 4 is 41.9 Å². The molecule has 11 nitrogen and oxygen atoms in total. The number of nitrogens with zero attached hydrogens (tertiary/aromatic N) is 1. The topological polar surface area (TPSA) is 157 Å². The molecule has 3 rings (SSSR count). The zero-order chi connectivity index (χ0) is 26.0. The Morgan fingerprint density at radius 2 is 1.94 bits per heavy atom. The van der Waals surface area contributed by atoms with Gasteiger partial charge < -0.3 is 25.8 Å². The molecule has 12 heteroatoms. The number of rotatable bonds is 8. The van der Waals surface area contributed by atoms with Crippen LogP contribution in [0, 0.1) is 0 Å². The number of thioether (sulfide) groups is 1. The van der Waals surface area contributed by atoms with Crippen LogP contribution >= 0.6 is 11.8 Å². The molecule has 4 N–H and O–H groups in total. The van der Waals surface area contributed by atoms with E-state index in [2.05, 4.69) is 10.6 Å². The highest BCUT2D eigenvalue weighted by atomic mass is 32.2. The van der Waals surface area contributed by atoms with Crippen LogP contribution in [0.4, 0.5) is 0 Å². The van der Waals surface area contributed by atoms with E-state index >= 15 is 0 Å². The number of fused-ring (bicyclic) bond motifs is 1. The second-order valence-electron chi connectivity index (χ2n) is 8.99. The Kier molecular flexibility index (Phi) is 7.56. The predicted octanol–water partition coefficient (Wildman–Crippen LogP) is 0.319. The molecule has 0 aliphatic carbocycles. The molecular formula is C23H28N4O7S. The fraction of sp³-hybridized carbons (Fsp3) is 0.435. The molecule has 188 valence electrons. The van der Waals surface area contributed by atoms with E-state index in [1.165, 1.54) is 6.92 Å². The van der Waals surface area contributed by atoms with Gasteiger partial charge in [-0.1, -0.05) is 30.3 Å². The highest BCUT2D eigenvalue weighted by molar-refractivity contribution is 8.01. The van der Waals surface area contributed by atoms with E-state index in [0.717, 1.165) is 16.7 Å². The van der Waals surface area contributed by atoms with Gasteiger partial charge in [-0.15, -0.1) is 11.8 Å². The zero-order valence-electron chi connectivity index (χ0n) is 19.8. The van der Waals surface area contributed by atoms with Crippen LogP contribution in [0.2, 0.25) is 0 Å². The molecule has 0 saturated carbocycles. The summed E-state index contributed by atoms with van der Waals surface area (Å²) in [6.45, 7) is 5.97. The van der Waals surface area contributed by atoms with Crippen LogP contribution in [0.3, 0.4) is 0 Å². The largest absolute Gasteiger partial charge is 0.461 e. The maximum absolute atomic E-state index is 13.3. The van der Waals surface area contributed by atoms with E-state index in [1.807, 2.05) is 0 Å². The van der Waals surface area contributed by atoms with Crippen molar-refractivity contribution in [1.29, 1.82) is 0 Å². The summed E-state index contributed by atoms with van der Waals surface area (Å²) < 4.78 is 10.6. The summed E-state index contributed by atoms with van der Waals surface area (Å²) in [5.74, 6) is -2.56. The van der Waals surface area contributed by atoms with Crippen molar-refractivity contribution in [3.05, 3.63) is 47.2 Å². The molecule has 2 aliphatic heterocycles. The number of carbonyl (C=O) groups excluding carboxylic acids is 5. The molecule has 1 aromatic rings. The number of benzene rings is 1. The minimum absolute atomic E-state index is 0.115. The Morgan fingerprint density at radius 3 is 2.51 bits per heavy atom. The van der Waals surface area contributed by atoms with E-state index in [0.29, 0.717) is 17.5 Å². The van der Waals surface area contributed by atoms with Gasteiger partial charge in [0, 0.05) is 18.2 Å². The third-order valence-electron chi connectivity index (χ3n) is 5.25. The number of nitrogens with two attached hydrogens (primary N) is 1. The lowest BCUT2D eigenvalue weighted by molar-refractivity contribution is -0.166. The second kappa shape index (κ2) is 10.1. The van der Waals surface area contributed by atoms with Crippen molar-refractivity contribution in [3.8, 4) is 0 Å². The Morgan fingerprint density at radius 1 is 1.29 bits per heavy atom. The van der Waals surface area contributed by atoms with Gasteiger partial charge in [0.1, 0.15) is 23.9 Å². The molecule has 1 fully saturated rings. The van der Waals surface area contributed by atoms with Crippen LogP contribution in [-0.4, -0.2) is 64.1 Å². The number of hydrogen-bond donors (Lipinski definition) is 3. The van der Waals surface area contributed by atoms with Crippen LogP contribution in [-0.2, 0) is 33.4 Å². The minimum Gasteiger partial charge on any atom is -0.461 e. The first-order chi connectivity index (χ1) is 16.4. The van der Waals surface area contributed by atoms with Gasteiger partial charge in [-0.2, -0.15) is 0 Å². The number of ether oxygens (including phenoxy) is 2. The highest BCUT2D eigenvalue weighted by Gasteiger charge is 2.66. The smallest absolute Gasteiger partial charge is 0.355 e. The van der Waals surface area contributed by atoms with E-state index in [4.69, 9.17) is 15.2 Å². The SMILES string of the molecule is CC(=O)OCC1=C(C(=O)OC(C)(C)C)N2C(=O)[C@@H](NC(=O)C(N)c3ccccc3)C2(NC=O)SC1. The van der Waals surface area contributed by atoms with Gasteiger partial charge in [0.05, 0.1) is 0 Å². The summed E-state index contributed by atoms with van der Waals surface area (Å²) in [5.41, 5.74) is 5.92. The van der Waals surface area contributed by atoms with Gasteiger partial charge in [-0.3, -0.25) is 24.1 Å². The summed E-state index contributed by atoms with van der Waals surface area (Å²) in [5, 5.41) is 5.18. The van der Waals surface area contributed by atoms with Crippen LogP contribution in [0.1, 0.15) is 39.3 Å². The van der Waals surface area contributed by atoms with Crippen molar-refractivity contribution < 1.29 is 33.4 Å². The number of esters is 2. The van der Waals surface area contributed by atoms with E-state index in [9.17, 15) is 24.0 Å². The summed E-state index contributed by atoms with van der Waals surface area (Å²) in [6.07, 6.45) is 0.381. The molecule has 2 heterocycles.